The lowest BCUT2D eigenvalue weighted by Crippen LogP contribution is -2.35. The number of hydrogen-bond acceptors (Lipinski definition) is 9. The van der Waals surface area contributed by atoms with Gasteiger partial charge in [0.25, 0.3) is 5.91 Å². The highest BCUT2D eigenvalue weighted by atomic mass is 16.7. The van der Waals surface area contributed by atoms with Crippen molar-refractivity contribution in [1.29, 1.82) is 0 Å². The summed E-state index contributed by atoms with van der Waals surface area (Å²) in [5.74, 6) is 2.56. The maximum Gasteiger partial charge on any atom is 0.251 e. The molecule has 2 unspecified atom stereocenters. The predicted octanol–water partition coefficient (Wildman–Crippen LogP) is 1.62. The Kier molecular flexibility index (Phi) is 6.77. The second-order valence-electron chi connectivity index (χ2n) is 10.0. The lowest BCUT2D eigenvalue weighted by Gasteiger charge is -2.34. The number of rotatable bonds is 8. The molecule has 3 aromatic rings. The molecule has 0 saturated carbocycles. The Balaban J connectivity index is 1.20. The molecule has 1 aromatic heterocycles. The quantitative estimate of drug-likeness (QED) is 0.415. The molecule has 0 spiro atoms. The summed E-state index contributed by atoms with van der Waals surface area (Å²) in [6, 6.07) is 8.93. The summed E-state index contributed by atoms with van der Waals surface area (Å²) in [5, 5.41) is 18.5. The van der Waals surface area contributed by atoms with Gasteiger partial charge in [0.1, 0.15) is 6.04 Å². The van der Waals surface area contributed by atoms with Crippen LogP contribution in [0.2, 0.25) is 0 Å². The number of carbonyl (C=O) groups is 2. The van der Waals surface area contributed by atoms with E-state index in [-0.39, 0.29) is 30.6 Å². The molecule has 1 saturated heterocycles. The number of nitrogens with one attached hydrogen (secondary N) is 2. The fourth-order valence-corrected chi connectivity index (χ4v) is 5.63. The smallest absolute Gasteiger partial charge is 0.251 e. The molecule has 39 heavy (non-hydrogen) atoms. The van der Waals surface area contributed by atoms with Crippen LogP contribution >= 0.6 is 0 Å². The first kappa shape index (κ1) is 25.1. The van der Waals surface area contributed by atoms with Gasteiger partial charge in [-0.3, -0.25) is 14.5 Å². The van der Waals surface area contributed by atoms with Crippen molar-refractivity contribution in [2.45, 2.75) is 31.7 Å². The molecular weight excluding hydrogens is 502 g/mol. The predicted molar refractivity (Wildman–Crippen MR) is 139 cm³/mol. The Bertz CT molecular complexity index is 1390. The van der Waals surface area contributed by atoms with Crippen LogP contribution in [0.15, 0.2) is 30.3 Å². The first-order valence-electron chi connectivity index (χ1n) is 13.2. The van der Waals surface area contributed by atoms with Crippen molar-refractivity contribution in [3.05, 3.63) is 52.8 Å². The zero-order chi connectivity index (χ0) is 26.9. The average Bonchev–Trinajstić information content (AvgIpc) is 3.71. The van der Waals surface area contributed by atoms with Gasteiger partial charge in [0, 0.05) is 36.7 Å². The molecule has 0 radical (unpaired) electrons. The van der Waals surface area contributed by atoms with Crippen LogP contribution < -0.4 is 24.8 Å². The van der Waals surface area contributed by atoms with E-state index in [9.17, 15) is 9.59 Å². The zero-order valence-electron chi connectivity index (χ0n) is 22.0. The van der Waals surface area contributed by atoms with Crippen molar-refractivity contribution < 1.29 is 23.8 Å². The monoisotopic (exact) mass is 533 g/mol. The highest BCUT2D eigenvalue weighted by Crippen LogP contribution is 2.50. The number of likely N-dealkylation sites (N-methyl/N-ethyl adjacent to an activating group) is 1. The van der Waals surface area contributed by atoms with E-state index in [2.05, 4.69) is 31.1 Å². The molecule has 0 aliphatic carbocycles. The number of fused-ring (bicyclic) bond motifs is 2. The summed E-state index contributed by atoms with van der Waals surface area (Å²) in [4.78, 5) is 26.6. The van der Waals surface area contributed by atoms with Crippen LogP contribution in [0, 0.1) is 5.92 Å². The van der Waals surface area contributed by atoms with E-state index in [1.807, 2.05) is 25.2 Å². The van der Waals surface area contributed by atoms with Gasteiger partial charge in [-0.25, -0.2) is 0 Å². The van der Waals surface area contributed by atoms with Crippen LogP contribution in [0.1, 0.15) is 52.6 Å². The number of ether oxygens (including phenoxy) is 3. The van der Waals surface area contributed by atoms with Gasteiger partial charge in [-0.2, -0.15) is 4.68 Å². The highest BCUT2D eigenvalue weighted by Gasteiger charge is 2.37. The summed E-state index contributed by atoms with van der Waals surface area (Å²) in [6.07, 6.45) is 3.23. The number of hydrogen-bond donors (Lipinski definition) is 2. The van der Waals surface area contributed by atoms with E-state index in [4.69, 9.17) is 14.2 Å². The Labute approximate surface area is 225 Å². The molecular formula is C27H31N7O5. The van der Waals surface area contributed by atoms with Crippen LogP contribution in [-0.2, 0) is 11.2 Å². The van der Waals surface area contributed by atoms with E-state index in [1.54, 1.807) is 23.9 Å². The fourth-order valence-electron chi connectivity index (χ4n) is 5.63. The molecule has 6 rings (SSSR count). The van der Waals surface area contributed by atoms with Gasteiger partial charge in [-0.05, 0) is 79.1 Å². The third-order valence-corrected chi connectivity index (χ3v) is 7.69. The van der Waals surface area contributed by atoms with Gasteiger partial charge in [0.05, 0.1) is 12.8 Å². The van der Waals surface area contributed by atoms with Crippen molar-refractivity contribution >= 4 is 11.8 Å². The normalized spacial score (nSPS) is 20.0. The average molecular weight is 534 g/mol. The van der Waals surface area contributed by atoms with Crippen molar-refractivity contribution in [2.24, 2.45) is 5.92 Å². The number of amides is 2. The van der Waals surface area contributed by atoms with Crippen LogP contribution in [0.3, 0.4) is 0 Å². The molecule has 2 atom stereocenters. The minimum absolute atomic E-state index is 0.0589. The second-order valence-corrected chi connectivity index (χ2v) is 10.0. The first-order chi connectivity index (χ1) is 19.0. The number of carbonyl (C=O) groups excluding carboxylic acids is 2. The number of aromatic nitrogens is 4. The Hall–Kier alpha value is -4.19. The summed E-state index contributed by atoms with van der Waals surface area (Å²) in [7, 11) is 3.66. The fraction of sp³-hybridized carbons (Fsp3) is 0.444. The lowest BCUT2D eigenvalue weighted by atomic mass is 9.90. The van der Waals surface area contributed by atoms with E-state index in [0.717, 1.165) is 55.6 Å². The third-order valence-electron chi connectivity index (χ3n) is 7.69. The van der Waals surface area contributed by atoms with Gasteiger partial charge in [-0.15, -0.1) is 5.10 Å². The molecule has 3 aliphatic rings. The molecule has 1 fully saturated rings. The summed E-state index contributed by atoms with van der Waals surface area (Å²) >= 11 is 0. The number of tetrazole rings is 1. The number of benzene rings is 2. The summed E-state index contributed by atoms with van der Waals surface area (Å²) in [6.45, 7) is 2.23. The highest BCUT2D eigenvalue weighted by molar-refractivity contribution is 5.94. The van der Waals surface area contributed by atoms with Crippen LogP contribution in [0.25, 0.3) is 5.69 Å². The molecule has 4 heterocycles. The third kappa shape index (κ3) is 4.65. The zero-order valence-corrected chi connectivity index (χ0v) is 22.0. The van der Waals surface area contributed by atoms with Crippen molar-refractivity contribution in [3.8, 4) is 22.9 Å². The van der Waals surface area contributed by atoms with E-state index in [1.165, 1.54) is 0 Å². The van der Waals surface area contributed by atoms with Gasteiger partial charge in [0.15, 0.2) is 17.3 Å². The number of methoxy groups -OCH3 is 1. The van der Waals surface area contributed by atoms with Crippen LogP contribution in [0.4, 0.5) is 0 Å². The maximum absolute atomic E-state index is 12.7. The molecule has 2 N–H and O–H groups in total. The molecule has 3 aliphatic heterocycles. The Morgan fingerprint density at radius 1 is 1.26 bits per heavy atom. The van der Waals surface area contributed by atoms with Crippen molar-refractivity contribution in [1.82, 2.24) is 35.7 Å². The molecule has 204 valence electrons. The molecule has 12 heteroatoms. The Morgan fingerprint density at radius 2 is 2.10 bits per heavy atom. The molecule has 0 bridgehead atoms. The van der Waals surface area contributed by atoms with Crippen LogP contribution in [0.5, 0.6) is 17.2 Å². The topological polar surface area (TPSA) is 133 Å². The summed E-state index contributed by atoms with van der Waals surface area (Å²) in [5.41, 5.74) is 3.34. The Morgan fingerprint density at radius 3 is 2.87 bits per heavy atom. The first-order valence-corrected chi connectivity index (χ1v) is 13.2. The summed E-state index contributed by atoms with van der Waals surface area (Å²) < 4.78 is 18.9. The molecule has 2 amide bonds. The van der Waals surface area contributed by atoms with Crippen molar-refractivity contribution in [2.75, 3.05) is 40.6 Å². The van der Waals surface area contributed by atoms with E-state index >= 15 is 0 Å². The largest absolute Gasteiger partial charge is 0.492 e. The maximum atomic E-state index is 12.7. The molecule has 12 nitrogen and oxygen atoms in total. The minimum Gasteiger partial charge on any atom is -0.492 e. The number of nitrogens with zero attached hydrogens (tertiary/aromatic N) is 5. The second kappa shape index (κ2) is 10.5. The van der Waals surface area contributed by atoms with Gasteiger partial charge in [0.2, 0.25) is 18.4 Å². The van der Waals surface area contributed by atoms with Gasteiger partial charge >= 0.3 is 0 Å². The lowest BCUT2D eigenvalue weighted by molar-refractivity contribution is -0.122. The van der Waals surface area contributed by atoms with Gasteiger partial charge < -0.3 is 24.8 Å². The van der Waals surface area contributed by atoms with E-state index < -0.39 is 0 Å². The molecule has 2 aromatic carbocycles. The standard InChI is InChI=1S/C27H31N7O5/c1-33-13-10-18-14-20-23(39-15-38-20)24(37-2)21(18)22(33)25-30-31-32-34(25)19-7-5-17(6-8-19)27(36)28-11-3-4-16-9-12-29-26(16)35/h5-8,14,16,22H,3-4,9-13,15H2,1-2H3,(H,28,36)(H,29,35). The van der Waals surface area contributed by atoms with E-state index in [0.29, 0.717) is 35.2 Å². The van der Waals surface area contributed by atoms with Crippen LogP contribution in [-0.4, -0.2) is 77.5 Å². The minimum atomic E-state index is -0.280. The SMILES string of the molecule is COc1c2c(cc3c1C(c1nnnn1-c1ccc(C(=O)NCCCC4CCNC4=O)cc1)N(C)CC3)OCO2. The van der Waals surface area contributed by atoms with Gasteiger partial charge in [-0.1, -0.05) is 0 Å². The van der Waals surface area contributed by atoms with Crippen molar-refractivity contribution in [3.63, 3.8) is 0 Å².